The highest BCUT2D eigenvalue weighted by molar-refractivity contribution is 7.09. The first kappa shape index (κ1) is 19.8. The molecule has 1 N–H and O–H groups in total. The molecule has 28 heavy (non-hydrogen) atoms. The summed E-state index contributed by atoms with van der Waals surface area (Å²) in [7, 11) is 0. The summed E-state index contributed by atoms with van der Waals surface area (Å²) in [4.78, 5) is 26.4. The van der Waals surface area contributed by atoms with Crippen molar-refractivity contribution in [2.24, 2.45) is 0 Å². The number of carbonyl (C=O) groups is 2. The second kappa shape index (κ2) is 9.85. The van der Waals surface area contributed by atoms with Gasteiger partial charge in [-0.25, -0.2) is 0 Å². The van der Waals surface area contributed by atoms with Crippen LogP contribution in [0.25, 0.3) is 0 Å². The molecule has 5 heteroatoms. The normalized spacial score (nSPS) is 11.8. The first-order valence-corrected chi connectivity index (χ1v) is 10.1. The van der Waals surface area contributed by atoms with Gasteiger partial charge in [0.15, 0.2) is 6.10 Å². The van der Waals surface area contributed by atoms with Crippen LogP contribution in [0.1, 0.15) is 28.8 Å². The van der Waals surface area contributed by atoms with E-state index in [9.17, 15) is 9.59 Å². The highest BCUT2D eigenvalue weighted by Crippen LogP contribution is 2.26. The topological polar surface area (TPSA) is 55.4 Å². The lowest BCUT2D eigenvalue weighted by atomic mass is 9.91. The average Bonchev–Trinajstić information content (AvgIpc) is 3.23. The van der Waals surface area contributed by atoms with Crippen molar-refractivity contribution < 1.29 is 14.3 Å². The van der Waals surface area contributed by atoms with Crippen LogP contribution in [0.15, 0.2) is 78.2 Å². The summed E-state index contributed by atoms with van der Waals surface area (Å²) in [5.41, 5.74) is 1.67. The van der Waals surface area contributed by atoms with Crippen molar-refractivity contribution in [1.82, 2.24) is 5.32 Å². The number of carbonyl (C=O) groups excluding carboxylic acids is 2. The van der Waals surface area contributed by atoms with Crippen molar-refractivity contribution >= 4 is 23.2 Å². The van der Waals surface area contributed by atoms with E-state index < -0.39 is 18.0 Å². The molecule has 1 atom stereocenters. The van der Waals surface area contributed by atoms with Crippen LogP contribution in [-0.2, 0) is 20.7 Å². The lowest BCUT2D eigenvalue weighted by molar-refractivity contribution is -0.155. The highest BCUT2D eigenvalue weighted by Gasteiger charge is 2.27. The molecule has 0 spiro atoms. The monoisotopic (exact) mass is 393 g/mol. The predicted molar refractivity (Wildman–Crippen MR) is 111 cm³/mol. The smallest absolute Gasteiger partial charge is 0.318 e. The molecule has 144 valence electrons. The molecule has 4 nitrogen and oxygen atoms in total. The Bertz CT molecular complexity index is 839. The molecule has 2 aromatic carbocycles. The van der Waals surface area contributed by atoms with Gasteiger partial charge in [-0.05, 0) is 35.9 Å². The second-order valence-electron chi connectivity index (χ2n) is 6.45. The summed E-state index contributed by atoms with van der Waals surface area (Å²) < 4.78 is 5.52. The maximum absolute atomic E-state index is 12.9. The van der Waals surface area contributed by atoms with E-state index in [2.05, 4.69) is 5.32 Å². The Morgan fingerprint density at radius 1 is 0.929 bits per heavy atom. The average molecular weight is 394 g/mol. The first-order chi connectivity index (χ1) is 13.6. The quantitative estimate of drug-likeness (QED) is 0.585. The number of rotatable bonds is 8. The van der Waals surface area contributed by atoms with Crippen molar-refractivity contribution in [2.75, 3.05) is 6.54 Å². The zero-order chi connectivity index (χ0) is 19.8. The van der Waals surface area contributed by atoms with Crippen molar-refractivity contribution in [3.05, 3.63) is 94.2 Å². The van der Waals surface area contributed by atoms with E-state index in [1.807, 2.05) is 78.2 Å². The minimum absolute atomic E-state index is 0.287. The summed E-state index contributed by atoms with van der Waals surface area (Å²) in [5.74, 6) is -1.29. The van der Waals surface area contributed by atoms with Gasteiger partial charge in [-0.3, -0.25) is 9.59 Å². The van der Waals surface area contributed by atoms with Gasteiger partial charge < -0.3 is 10.1 Å². The van der Waals surface area contributed by atoms with Gasteiger partial charge in [0, 0.05) is 11.4 Å². The predicted octanol–water partition coefficient (Wildman–Crippen LogP) is 4.17. The highest BCUT2D eigenvalue weighted by atomic mass is 32.1. The number of benzene rings is 2. The summed E-state index contributed by atoms with van der Waals surface area (Å²) in [6.45, 7) is 2.12. The molecular formula is C23H23NO3S. The largest absolute Gasteiger partial charge is 0.452 e. The van der Waals surface area contributed by atoms with Gasteiger partial charge in [-0.1, -0.05) is 66.7 Å². The van der Waals surface area contributed by atoms with Gasteiger partial charge in [0.2, 0.25) is 0 Å². The maximum atomic E-state index is 12.9. The molecule has 3 aromatic rings. The molecule has 0 aliphatic carbocycles. The van der Waals surface area contributed by atoms with Crippen LogP contribution >= 0.6 is 11.3 Å². The van der Waals surface area contributed by atoms with Gasteiger partial charge in [-0.15, -0.1) is 11.3 Å². The molecule has 0 saturated carbocycles. The summed E-state index contributed by atoms with van der Waals surface area (Å²) in [5, 5.41) is 4.84. The van der Waals surface area contributed by atoms with Gasteiger partial charge in [0.1, 0.15) is 5.92 Å². The Hall–Kier alpha value is -2.92. The number of nitrogens with one attached hydrogen (secondary N) is 1. The van der Waals surface area contributed by atoms with Gasteiger partial charge >= 0.3 is 5.97 Å². The minimum atomic E-state index is -0.856. The van der Waals surface area contributed by atoms with Crippen molar-refractivity contribution in [3.63, 3.8) is 0 Å². The van der Waals surface area contributed by atoms with E-state index in [1.54, 1.807) is 18.3 Å². The van der Waals surface area contributed by atoms with Crippen LogP contribution < -0.4 is 5.32 Å². The molecule has 0 radical (unpaired) electrons. The molecule has 0 fully saturated rings. The minimum Gasteiger partial charge on any atom is -0.452 e. The van der Waals surface area contributed by atoms with E-state index in [-0.39, 0.29) is 5.91 Å². The number of esters is 1. The number of hydrogen-bond donors (Lipinski definition) is 1. The first-order valence-electron chi connectivity index (χ1n) is 9.25. The number of thiophene rings is 1. The molecule has 0 aliphatic rings. The van der Waals surface area contributed by atoms with Crippen LogP contribution in [0.4, 0.5) is 0 Å². The standard InChI is InChI=1S/C23H23NO3S/c1-17(22(25)24-15-14-20-13-8-16-28-20)27-23(26)21(18-9-4-2-5-10-18)19-11-6-3-7-12-19/h2-13,16-17,21H,14-15H2,1H3,(H,24,25)/t17-/m1/s1. The third-order valence-corrected chi connectivity index (χ3v) is 5.35. The van der Waals surface area contributed by atoms with Crippen molar-refractivity contribution in [1.29, 1.82) is 0 Å². The zero-order valence-corrected chi connectivity index (χ0v) is 16.5. The van der Waals surface area contributed by atoms with E-state index in [4.69, 9.17) is 4.74 Å². The van der Waals surface area contributed by atoms with Gasteiger partial charge in [-0.2, -0.15) is 0 Å². The molecule has 3 rings (SSSR count). The molecule has 1 amide bonds. The summed E-state index contributed by atoms with van der Waals surface area (Å²) >= 11 is 1.66. The lowest BCUT2D eigenvalue weighted by Crippen LogP contribution is -2.37. The molecule has 1 heterocycles. The van der Waals surface area contributed by atoms with Crippen LogP contribution in [0, 0.1) is 0 Å². The van der Waals surface area contributed by atoms with Crippen molar-refractivity contribution in [2.45, 2.75) is 25.4 Å². The SMILES string of the molecule is C[C@@H](OC(=O)C(c1ccccc1)c1ccccc1)C(=O)NCCc1cccs1. The molecule has 0 aliphatic heterocycles. The third kappa shape index (κ3) is 5.30. The Morgan fingerprint density at radius 3 is 2.07 bits per heavy atom. The third-order valence-electron chi connectivity index (χ3n) is 4.41. The Labute approximate surface area is 169 Å². The summed E-state index contributed by atoms with van der Waals surface area (Å²) in [6, 6.07) is 23.0. The second-order valence-corrected chi connectivity index (χ2v) is 7.49. The summed E-state index contributed by atoms with van der Waals surface area (Å²) in [6.07, 6.45) is -0.0912. The van der Waals surface area contributed by atoms with Crippen LogP contribution in [0.5, 0.6) is 0 Å². The maximum Gasteiger partial charge on any atom is 0.318 e. The molecule has 0 unspecified atom stereocenters. The van der Waals surface area contributed by atoms with Crippen LogP contribution in [-0.4, -0.2) is 24.5 Å². The van der Waals surface area contributed by atoms with Crippen LogP contribution in [0.2, 0.25) is 0 Å². The fraction of sp³-hybridized carbons (Fsp3) is 0.217. The zero-order valence-electron chi connectivity index (χ0n) is 15.7. The Balaban J connectivity index is 1.63. The van der Waals surface area contributed by atoms with E-state index in [1.165, 1.54) is 4.88 Å². The molecule has 1 aromatic heterocycles. The van der Waals surface area contributed by atoms with E-state index >= 15 is 0 Å². The fourth-order valence-electron chi connectivity index (χ4n) is 2.96. The Morgan fingerprint density at radius 2 is 1.54 bits per heavy atom. The number of ether oxygens (including phenoxy) is 1. The van der Waals surface area contributed by atoms with Crippen LogP contribution in [0.3, 0.4) is 0 Å². The molecule has 0 bridgehead atoms. The number of amides is 1. The molecule has 0 saturated heterocycles. The van der Waals surface area contributed by atoms with E-state index in [0.717, 1.165) is 17.5 Å². The van der Waals surface area contributed by atoms with Gasteiger partial charge in [0.25, 0.3) is 5.91 Å². The number of hydrogen-bond acceptors (Lipinski definition) is 4. The van der Waals surface area contributed by atoms with Gasteiger partial charge in [0.05, 0.1) is 0 Å². The fourth-order valence-corrected chi connectivity index (χ4v) is 3.67. The lowest BCUT2D eigenvalue weighted by Gasteiger charge is -2.20. The molecular weight excluding hydrogens is 370 g/mol. The Kier molecular flexibility index (Phi) is 6.98. The van der Waals surface area contributed by atoms with E-state index in [0.29, 0.717) is 6.54 Å². The van der Waals surface area contributed by atoms with Crippen molar-refractivity contribution in [3.8, 4) is 0 Å².